The highest BCUT2D eigenvalue weighted by molar-refractivity contribution is 5.91. The summed E-state index contributed by atoms with van der Waals surface area (Å²) in [6.45, 7) is 7.90. The first-order valence-corrected chi connectivity index (χ1v) is 13.2. The number of ether oxygens (including phenoxy) is 1. The molecule has 0 radical (unpaired) electrons. The summed E-state index contributed by atoms with van der Waals surface area (Å²) in [4.78, 5) is 41.5. The number of hydrogen-bond donors (Lipinski definition) is 1. The van der Waals surface area contributed by atoms with Gasteiger partial charge >= 0.3 is 5.97 Å². The summed E-state index contributed by atoms with van der Waals surface area (Å²) in [5.41, 5.74) is 4.01. The SMILES string of the molecule is COC(=O)c1ccc([C@H](C(=O)NC(C)(C)C)N(CCc2ccccc2C)C(=O)Cn2nnc3ccccc32)cc1. The molecule has 4 aromatic rings. The fourth-order valence-corrected chi connectivity index (χ4v) is 4.61. The second-order valence-corrected chi connectivity index (χ2v) is 10.8. The van der Waals surface area contributed by atoms with E-state index < -0.39 is 17.6 Å². The van der Waals surface area contributed by atoms with E-state index in [-0.39, 0.29) is 24.9 Å². The maximum atomic E-state index is 14.0. The topological polar surface area (TPSA) is 106 Å². The standard InChI is InChI=1S/C31H35N5O4/c1-21-10-6-7-11-22(21)18-19-35(27(37)20-36-26-13-9-8-12-25(26)33-34-36)28(29(38)32-31(2,3)4)23-14-16-24(17-15-23)30(39)40-5/h6-17,28H,18-20H2,1-5H3,(H,32,38)/t28-/m1/s1. The molecule has 9 nitrogen and oxygen atoms in total. The Labute approximate surface area is 234 Å². The average molecular weight is 542 g/mol. The van der Waals surface area contributed by atoms with Crippen molar-refractivity contribution in [2.75, 3.05) is 13.7 Å². The van der Waals surface area contributed by atoms with E-state index >= 15 is 0 Å². The average Bonchev–Trinajstić information content (AvgIpc) is 3.33. The van der Waals surface area contributed by atoms with Crippen LogP contribution in [0.15, 0.2) is 72.8 Å². The lowest BCUT2D eigenvalue weighted by molar-refractivity contribution is -0.142. The molecule has 0 unspecified atom stereocenters. The van der Waals surface area contributed by atoms with Crippen LogP contribution >= 0.6 is 0 Å². The lowest BCUT2D eigenvalue weighted by Crippen LogP contribution is -2.50. The van der Waals surface area contributed by atoms with Crippen molar-refractivity contribution in [3.63, 3.8) is 0 Å². The van der Waals surface area contributed by atoms with Crippen molar-refractivity contribution in [3.05, 3.63) is 95.1 Å². The number of methoxy groups -OCH3 is 1. The Morgan fingerprint density at radius 3 is 2.33 bits per heavy atom. The number of amides is 2. The molecule has 40 heavy (non-hydrogen) atoms. The summed E-state index contributed by atoms with van der Waals surface area (Å²) in [6.07, 6.45) is 0.552. The summed E-state index contributed by atoms with van der Waals surface area (Å²) >= 11 is 0. The molecule has 9 heteroatoms. The Morgan fingerprint density at radius 1 is 0.975 bits per heavy atom. The first-order chi connectivity index (χ1) is 19.1. The Balaban J connectivity index is 1.75. The van der Waals surface area contributed by atoms with Crippen LogP contribution in [-0.2, 0) is 27.3 Å². The molecule has 1 aromatic heterocycles. The van der Waals surface area contributed by atoms with Gasteiger partial charge in [-0.2, -0.15) is 0 Å². The van der Waals surface area contributed by atoms with Crippen LogP contribution < -0.4 is 5.32 Å². The fraction of sp³-hybridized carbons (Fsp3) is 0.323. The summed E-state index contributed by atoms with van der Waals surface area (Å²) in [5, 5.41) is 11.4. The zero-order valence-corrected chi connectivity index (χ0v) is 23.5. The van der Waals surface area contributed by atoms with Gasteiger partial charge in [0.25, 0.3) is 0 Å². The van der Waals surface area contributed by atoms with Gasteiger partial charge in [-0.15, -0.1) is 5.10 Å². The first kappa shape index (κ1) is 28.5. The van der Waals surface area contributed by atoms with E-state index in [2.05, 4.69) is 15.6 Å². The summed E-state index contributed by atoms with van der Waals surface area (Å²) in [7, 11) is 1.32. The van der Waals surface area contributed by atoms with Crippen LogP contribution in [0.1, 0.15) is 53.9 Å². The zero-order chi connectivity index (χ0) is 28.9. The normalized spacial score (nSPS) is 12.1. The molecule has 0 fully saturated rings. The maximum Gasteiger partial charge on any atom is 0.337 e. The number of para-hydroxylation sites is 1. The number of nitrogens with one attached hydrogen (secondary N) is 1. The van der Waals surface area contributed by atoms with E-state index in [1.165, 1.54) is 7.11 Å². The second-order valence-electron chi connectivity index (χ2n) is 10.8. The monoisotopic (exact) mass is 541 g/mol. The van der Waals surface area contributed by atoms with Gasteiger partial charge in [0.1, 0.15) is 18.1 Å². The van der Waals surface area contributed by atoms with Crippen LogP contribution in [-0.4, -0.2) is 56.9 Å². The second kappa shape index (κ2) is 12.1. The van der Waals surface area contributed by atoms with Gasteiger partial charge in [0.05, 0.1) is 18.2 Å². The number of hydrogen-bond acceptors (Lipinski definition) is 6. The molecule has 4 rings (SSSR count). The van der Waals surface area contributed by atoms with Gasteiger partial charge in [0.2, 0.25) is 11.8 Å². The smallest absolute Gasteiger partial charge is 0.337 e. The molecule has 2 amide bonds. The highest BCUT2D eigenvalue weighted by Gasteiger charge is 2.33. The molecular weight excluding hydrogens is 506 g/mol. The van der Waals surface area contributed by atoms with Gasteiger partial charge in [-0.05, 0) is 75.1 Å². The Kier molecular flexibility index (Phi) is 8.62. The Hall–Kier alpha value is -4.53. The van der Waals surface area contributed by atoms with Gasteiger partial charge in [-0.3, -0.25) is 9.59 Å². The van der Waals surface area contributed by atoms with E-state index in [0.29, 0.717) is 23.1 Å². The van der Waals surface area contributed by atoms with Crippen molar-refractivity contribution in [2.24, 2.45) is 0 Å². The van der Waals surface area contributed by atoms with E-state index in [9.17, 15) is 14.4 Å². The summed E-state index contributed by atoms with van der Waals surface area (Å²) in [5.74, 6) is -1.08. The number of carbonyl (C=O) groups is 3. The number of carbonyl (C=O) groups excluding carboxylic acids is 3. The molecule has 1 atom stereocenters. The highest BCUT2D eigenvalue weighted by Crippen LogP contribution is 2.25. The number of aromatic nitrogens is 3. The molecule has 1 N–H and O–H groups in total. The van der Waals surface area contributed by atoms with Crippen molar-refractivity contribution >= 4 is 28.8 Å². The Morgan fingerprint density at radius 2 is 1.65 bits per heavy atom. The molecule has 1 heterocycles. The number of esters is 1. The number of rotatable bonds is 9. The van der Waals surface area contributed by atoms with E-state index in [1.54, 1.807) is 33.8 Å². The lowest BCUT2D eigenvalue weighted by Gasteiger charge is -2.34. The highest BCUT2D eigenvalue weighted by atomic mass is 16.5. The van der Waals surface area contributed by atoms with Crippen LogP contribution in [0.25, 0.3) is 11.0 Å². The predicted molar refractivity (Wildman–Crippen MR) is 153 cm³/mol. The van der Waals surface area contributed by atoms with Crippen molar-refractivity contribution < 1.29 is 19.1 Å². The van der Waals surface area contributed by atoms with Gasteiger partial charge in [-0.25, -0.2) is 9.48 Å². The summed E-state index contributed by atoms with van der Waals surface area (Å²) in [6, 6.07) is 21.1. The van der Waals surface area contributed by atoms with Crippen molar-refractivity contribution in [2.45, 2.75) is 52.2 Å². The van der Waals surface area contributed by atoms with Crippen LogP contribution in [0.5, 0.6) is 0 Å². The van der Waals surface area contributed by atoms with E-state index in [4.69, 9.17) is 4.74 Å². The predicted octanol–water partition coefficient (Wildman–Crippen LogP) is 4.25. The van der Waals surface area contributed by atoms with Gasteiger partial charge in [-0.1, -0.05) is 53.7 Å². The fourth-order valence-electron chi connectivity index (χ4n) is 4.61. The van der Waals surface area contributed by atoms with Crippen molar-refractivity contribution in [3.8, 4) is 0 Å². The number of fused-ring (bicyclic) bond motifs is 1. The molecule has 0 aliphatic heterocycles. The molecule has 0 saturated carbocycles. The van der Waals surface area contributed by atoms with Gasteiger partial charge in [0, 0.05) is 12.1 Å². The van der Waals surface area contributed by atoms with Crippen LogP contribution in [0.4, 0.5) is 0 Å². The zero-order valence-electron chi connectivity index (χ0n) is 23.5. The maximum absolute atomic E-state index is 14.0. The van der Waals surface area contributed by atoms with Crippen LogP contribution in [0.2, 0.25) is 0 Å². The third-order valence-corrected chi connectivity index (χ3v) is 6.61. The molecular formula is C31H35N5O4. The molecule has 0 aliphatic rings. The number of aryl methyl sites for hydroxylation is 1. The van der Waals surface area contributed by atoms with Crippen LogP contribution in [0, 0.1) is 6.92 Å². The molecule has 0 saturated heterocycles. The van der Waals surface area contributed by atoms with Crippen molar-refractivity contribution in [1.82, 2.24) is 25.2 Å². The molecule has 0 spiro atoms. The Bertz CT molecular complexity index is 1500. The minimum Gasteiger partial charge on any atom is -0.465 e. The van der Waals surface area contributed by atoms with Gasteiger partial charge < -0.3 is 15.0 Å². The third-order valence-electron chi connectivity index (χ3n) is 6.61. The minimum absolute atomic E-state index is 0.0895. The molecule has 0 bridgehead atoms. The molecule has 0 aliphatic carbocycles. The van der Waals surface area contributed by atoms with Crippen LogP contribution in [0.3, 0.4) is 0 Å². The minimum atomic E-state index is -0.947. The number of benzene rings is 3. The van der Waals surface area contributed by atoms with Gasteiger partial charge in [0.15, 0.2) is 0 Å². The third kappa shape index (κ3) is 6.72. The lowest BCUT2D eigenvalue weighted by atomic mass is 9.99. The van der Waals surface area contributed by atoms with E-state index in [0.717, 1.165) is 16.6 Å². The van der Waals surface area contributed by atoms with E-state index in [1.807, 2.05) is 76.2 Å². The quantitative estimate of drug-likeness (QED) is 0.318. The number of nitrogens with zero attached hydrogens (tertiary/aromatic N) is 4. The largest absolute Gasteiger partial charge is 0.465 e. The van der Waals surface area contributed by atoms with Crippen molar-refractivity contribution in [1.29, 1.82) is 0 Å². The summed E-state index contributed by atoms with van der Waals surface area (Å²) < 4.78 is 6.38. The molecule has 208 valence electrons. The first-order valence-electron chi connectivity index (χ1n) is 13.2. The molecule has 3 aromatic carbocycles.